The van der Waals surface area contributed by atoms with Crippen LogP contribution >= 0.6 is 0 Å². The maximum absolute atomic E-state index is 13.3. The molecule has 63 heavy (non-hydrogen) atoms. The molecule has 0 spiro atoms. The highest BCUT2D eigenvalue weighted by Gasteiger charge is 2.55. The zero-order valence-electron chi connectivity index (χ0n) is 39.7. The molecule has 13 atom stereocenters. The molecule has 6 unspecified atom stereocenters. The lowest BCUT2D eigenvalue weighted by atomic mass is 9.80. The Morgan fingerprint density at radius 2 is 1.19 bits per heavy atom. The Balaban J connectivity index is 1.66. The predicted octanol–water partition coefficient (Wildman–Crippen LogP) is 4.21. The van der Waals surface area contributed by atoms with Crippen molar-refractivity contribution in [1.82, 2.24) is 21.3 Å². The smallest absolute Gasteiger partial charge is 0.408 e. The maximum atomic E-state index is 13.3. The van der Waals surface area contributed by atoms with Crippen LogP contribution in [0.1, 0.15) is 123 Å². The van der Waals surface area contributed by atoms with Gasteiger partial charge >= 0.3 is 24.4 Å². The van der Waals surface area contributed by atoms with Crippen molar-refractivity contribution in [2.75, 3.05) is 13.2 Å². The fourth-order valence-electron chi connectivity index (χ4n) is 7.68. The number of aliphatic hydroxyl groups is 1. The van der Waals surface area contributed by atoms with E-state index in [9.17, 15) is 24.3 Å². The third-order valence-electron chi connectivity index (χ3n) is 10.1. The Hall–Kier alpha value is -3.18. The van der Waals surface area contributed by atoms with E-state index in [0.29, 0.717) is 12.8 Å². The van der Waals surface area contributed by atoms with Gasteiger partial charge in [0.05, 0.1) is 36.9 Å². The van der Waals surface area contributed by atoms with Crippen LogP contribution in [0.3, 0.4) is 0 Å². The fourth-order valence-corrected chi connectivity index (χ4v) is 7.68. The molecular weight excluding hydrogens is 827 g/mol. The van der Waals surface area contributed by atoms with Gasteiger partial charge in [-0.25, -0.2) is 19.2 Å². The number of ether oxygens (including phenoxy) is 10. The molecule has 360 valence electrons. The van der Waals surface area contributed by atoms with Gasteiger partial charge in [0.2, 0.25) is 0 Å². The molecule has 1 saturated carbocycles. The van der Waals surface area contributed by atoms with Crippen LogP contribution in [-0.4, -0.2) is 152 Å². The molecule has 0 bridgehead atoms. The van der Waals surface area contributed by atoms with Crippen LogP contribution in [0, 0.1) is 5.92 Å². The van der Waals surface area contributed by atoms with Crippen molar-refractivity contribution in [1.29, 1.82) is 0 Å². The molecule has 0 aromatic carbocycles. The Labute approximate surface area is 373 Å². The summed E-state index contributed by atoms with van der Waals surface area (Å²) < 4.78 is 65.8. The summed E-state index contributed by atoms with van der Waals surface area (Å²) in [6, 6.07) is -2.68. The van der Waals surface area contributed by atoms with Gasteiger partial charge < -0.3 is 78.4 Å². The Bertz CT molecular complexity index is 1560. The van der Waals surface area contributed by atoms with Gasteiger partial charge in [0.25, 0.3) is 8.05 Å². The van der Waals surface area contributed by atoms with Crippen LogP contribution in [0.15, 0.2) is 0 Å². The minimum absolute atomic E-state index is 0.0360. The van der Waals surface area contributed by atoms with Gasteiger partial charge in [-0.2, -0.15) is 0 Å². The predicted molar refractivity (Wildman–Crippen MR) is 225 cm³/mol. The van der Waals surface area contributed by atoms with E-state index in [1.807, 2.05) is 6.92 Å². The lowest BCUT2D eigenvalue weighted by molar-refractivity contribution is -0.375. The summed E-state index contributed by atoms with van der Waals surface area (Å²) in [5.74, 6) is -1.55. The number of carbonyl (C=O) groups is 4. The maximum Gasteiger partial charge on any atom is 0.408 e. The first-order chi connectivity index (χ1) is 28.8. The molecule has 4 aliphatic rings. The van der Waals surface area contributed by atoms with Gasteiger partial charge in [-0.1, -0.05) is 6.92 Å². The third kappa shape index (κ3) is 16.3. The first-order valence-corrected chi connectivity index (χ1v) is 21.7. The summed E-state index contributed by atoms with van der Waals surface area (Å²) in [6.45, 7) is 26.1. The number of hydrogen-bond acceptors (Lipinski definition) is 16. The van der Waals surface area contributed by atoms with Crippen molar-refractivity contribution in [3.05, 3.63) is 0 Å². The Morgan fingerprint density at radius 3 is 1.73 bits per heavy atom. The highest BCUT2D eigenvalue weighted by molar-refractivity contribution is 5.98. The molecule has 4 fully saturated rings. The van der Waals surface area contributed by atoms with Gasteiger partial charge in [0, 0.05) is 6.54 Å². The first kappa shape index (κ1) is 52.4. The van der Waals surface area contributed by atoms with Gasteiger partial charge in [-0.15, -0.1) is 0 Å². The summed E-state index contributed by atoms with van der Waals surface area (Å²) in [5.41, 5.74) is -3.25. The van der Waals surface area contributed by atoms with Crippen LogP contribution in [0.5, 0.6) is 0 Å². The zero-order chi connectivity index (χ0) is 47.5. The average molecular weight is 901 g/mol. The highest BCUT2D eigenvalue weighted by atomic mass is 16.8. The van der Waals surface area contributed by atoms with E-state index in [4.69, 9.17) is 60.1 Å². The van der Waals surface area contributed by atoms with Crippen LogP contribution in [0.4, 0.5) is 19.2 Å². The number of hydrogen-bond donors (Lipinski definition) is 5. The number of rotatable bonds is 10. The molecule has 3 saturated heterocycles. The molecule has 5 N–H and O–H groups in total. The summed E-state index contributed by atoms with van der Waals surface area (Å²) in [6.07, 6.45) is -11.9. The number of amides is 4. The molecule has 4 amide bonds. The fraction of sp³-hybridized carbons (Fsp3) is 0.905. The lowest BCUT2D eigenvalue weighted by Crippen LogP contribution is -2.71. The van der Waals surface area contributed by atoms with Crippen molar-refractivity contribution in [2.24, 2.45) is 5.92 Å². The van der Waals surface area contributed by atoms with Gasteiger partial charge in [-0.05, 0) is 122 Å². The van der Waals surface area contributed by atoms with Crippen molar-refractivity contribution in [3.8, 4) is 0 Å². The summed E-state index contributed by atoms with van der Waals surface area (Å²) in [7, 11) is 5.93. The molecule has 0 aromatic rings. The normalized spacial score (nSPS) is 33.7. The van der Waals surface area contributed by atoms with E-state index in [1.54, 1.807) is 96.9 Å². The van der Waals surface area contributed by atoms with Crippen LogP contribution in [0.2, 0.25) is 0 Å². The topological polar surface area (TPSA) is 238 Å². The summed E-state index contributed by atoms with van der Waals surface area (Å²) in [5, 5.41) is 23.6. The molecule has 3 heterocycles. The number of aliphatic hydroxyl groups excluding tert-OH is 1. The second-order valence-corrected chi connectivity index (χ2v) is 21.1. The Kier molecular flexibility index (Phi) is 17.1. The van der Waals surface area contributed by atoms with E-state index < -0.39 is 132 Å². The second kappa shape index (κ2) is 20.6. The molecule has 3 aliphatic heterocycles. The van der Waals surface area contributed by atoms with E-state index in [0.717, 1.165) is 0 Å². The van der Waals surface area contributed by atoms with E-state index in [2.05, 4.69) is 21.3 Å². The van der Waals surface area contributed by atoms with Crippen molar-refractivity contribution >= 4 is 32.4 Å². The molecule has 0 aromatic heterocycles. The zero-order valence-corrected chi connectivity index (χ0v) is 39.7. The minimum Gasteiger partial charge on any atom is -0.444 e. The third-order valence-corrected chi connectivity index (χ3v) is 10.1. The minimum atomic E-state index is -1.52. The number of nitrogens with one attached hydrogen (secondary N) is 4. The van der Waals surface area contributed by atoms with Crippen molar-refractivity contribution in [3.63, 3.8) is 0 Å². The summed E-state index contributed by atoms with van der Waals surface area (Å²) in [4.78, 5) is 52.2. The van der Waals surface area contributed by atoms with Gasteiger partial charge in [0.15, 0.2) is 18.4 Å². The SMILES string of the molecule is [B]OC1[C@H](O[C@H]2C(O)C(O[C@@H]3OC(CNC(=O)OC(C)(C)C)CCC3NC(=O)OC(C)(C)C)[C@@H](NC(=O)OC(C)(C)C)C[C@H]2C)OC2COC(C)(C)O[C@@H]2[C@@H]1NC(=O)OC(C)(C)C. The molecular formula is C42H73BN4O16. The van der Waals surface area contributed by atoms with Crippen LogP contribution in [0.25, 0.3) is 0 Å². The molecule has 2 radical (unpaired) electrons. The highest BCUT2D eigenvalue weighted by Crippen LogP contribution is 2.38. The van der Waals surface area contributed by atoms with E-state index >= 15 is 0 Å². The van der Waals surface area contributed by atoms with Gasteiger partial charge in [0.1, 0.15) is 52.9 Å². The van der Waals surface area contributed by atoms with Crippen LogP contribution in [-0.2, 0) is 52.0 Å². The Morgan fingerprint density at radius 1 is 0.683 bits per heavy atom. The largest absolute Gasteiger partial charge is 0.444 e. The van der Waals surface area contributed by atoms with Crippen molar-refractivity contribution < 1.29 is 76.3 Å². The quantitative estimate of drug-likeness (QED) is 0.152. The first-order valence-electron chi connectivity index (χ1n) is 21.7. The van der Waals surface area contributed by atoms with Gasteiger partial charge in [-0.3, -0.25) is 0 Å². The number of carbonyl (C=O) groups excluding carboxylic acids is 4. The molecule has 1 aliphatic carbocycles. The van der Waals surface area contributed by atoms with E-state index in [1.165, 1.54) is 0 Å². The second-order valence-electron chi connectivity index (χ2n) is 21.1. The number of fused-ring (bicyclic) bond motifs is 1. The van der Waals surface area contributed by atoms with E-state index in [-0.39, 0.29) is 19.6 Å². The monoisotopic (exact) mass is 901 g/mol. The average Bonchev–Trinajstić information content (AvgIpc) is 3.08. The molecule has 21 heteroatoms. The van der Waals surface area contributed by atoms with Crippen LogP contribution < -0.4 is 21.3 Å². The molecule has 4 rings (SSSR count). The molecule has 20 nitrogen and oxygen atoms in total. The standard InChI is InChI=1S/C42H73BN4O16/c1-21-18-24(46-36(51)61-40(8,9)10)29(57-32-23(45-35(50)60-39(5,6)7)17-16-22(54-32)19-44-34(49)59-38(2,3)4)27(48)28(21)56-33-31(63-43)26(47-37(52)62-41(11,12)13)30-25(55-33)20-53-42(14,15)58-30/h21-33,48H,16-20H2,1-15H3,(H,44,49)(H,45,50)(H,46,51)(H,47,52)/t21-,22?,23?,24+,25?,26+,27?,28-,29?,30+,31?,32+,33+/m1/s1. The van der Waals surface area contributed by atoms with Crippen molar-refractivity contribution in [2.45, 2.75) is 225 Å². The summed E-state index contributed by atoms with van der Waals surface area (Å²) >= 11 is 0. The lowest BCUT2D eigenvalue weighted by Gasteiger charge is -2.53. The number of alkyl carbamates (subject to hydrolysis) is 4.